The number of alkyl halides is 3. The number of halogens is 5. The molecule has 0 N–H and O–H groups in total. The zero-order valence-electron chi connectivity index (χ0n) is 19.2. The van der Waals surface area contributed by atoms with Gasteiger partial charge in [0.1, 0.15) is 0 Å². The smallest absolute Gasteiger partial charge is 0.340 e. The molecule has 0 bridgehead atoms. The molecular formula is C21H26Cl2F3N3S. The zero-order valence-corrected chi connectivity index (χ0v) is 18.6. The molecule has 2 aliphatic rings. The van der Waals surface area contributed by atoms with E-state index >= 15 is 0 Å². The summed E-state index contributed by atoms with van der Waals surface area (Å²) in [5.41, 5.74) is 0.870. The van der Waals surface area contributed by atoms with E-state index in [4.69, 9.17) is 4.11 Å². The highest BCUT2D eigenvalue weighted by Crippen LogP contribution is 2.49. The van der Waals surface area contributed by atoms with Crippen molar-refractivity contribution in [1.82, 2.24) is 9.80 Å². The average molecular weight is 483 g/mol. The molecule has 0 unspecified atom stereocenters. The van der Waals surface area contributed by atoms with Crippen LogP contribution in [0.1, 0.15) is 16.1 Å². The summed E-state index contributed by atoms with van der Waals surface area (Å²) >= 11 is 1.49. The molecule has 2 aromatic rings. The molecule has 0 amide bonds. The number of rotatable bonds is 4. The van der Waals surface area contributed by atoms with E-state index < -0.39 is 18.7 Å². The zero-order chi connectivity index (χ0) is 22.2. The van der Waals surface area contributed by atoms with Crippen LogP contribution >= 0.6 is 36.6 Å². The summed E-state index contributed by atoms with van der Waals surface area (Å²) < 4.78 is 62.5. The average Bonchev–Trinajstić information content (AvgIpc) is 2.72. The largest absolute Gasteiger partial charge is 0.416 e. The predicted octanol–water partition coefficient (Wildman–Crippen LogP) is 5.79. The van der Waals surface area contributed by atoms with E-state index in [1.54, 1.807) is 6.07 Å². The van der Waals surface area contributed by atoms with Gasteiger partial charge in [0.15, 0.2) is 0 Å². The monoisotopic (exact) mass is 482 g/mol. The molecule has 0 spiro atoms. The number of likely N-dealkylation sites (N-methyl/N-ethyl adjacent to an activating group) is 1. The summed E-state index contributed by atoms with van der Waals surface area (Å²) in [5.74, 6) is 0. The number of benzene rings is 2. The van der Waals surface area contributed by atoms with E-state index in [1.165, 1.54) is 22.7 Å². The highest BCUT2D eigenvalue weighted by molar-refractivity contribution is 7.99. The molecule has 1 fully saturated rings. The van der Waals surface area contributed by atoms with Gasteiger partial charge in [-0.2, -0.15) is 13.2 Å². The first-order valence-corrected chi connectivity index (χ1v) is 10.2. The van der Waals surface area contributed by atoms with Gasteiger partial charge in [0.2, 0.25) is 0 Å². The second kappa shape index (κ2) is 10.5. The quantitative estimate of drug-likeness (QED) is 0.545. The molecule has 166 valence electrons. The number of anilines is 2. The third-order valence-electron chi connectivity index (χ3n) is 5.18. The Morgan fingerprint density at radius 1 is 0.933 bits per heavy atom. The van der Waals surface area contributed by atoms with E-state index in [0.717, 1.165) is 34.5 Å². The normalized spacial score (nSPS) is 18.8. The van der Waals surface area contributed by atoms with Crippen molar-refractivity contribution in [3.8, 4) is 0 Å². The molecule has 2 aliphatic heterocycles. The second-order valence-corrected chi connectivity index (χ2v) is 8.17. The van der Waals surface area contributed by atoms with Gasteiger partial charge in [-0.05, 0) is 50.3 Å². The lowest BCUT2D eigenvalue weighted by Gasteiger charge is -2.35. The molecule has 0 atom stereocenters. The van der Waals surface area contributed by atoms with E-state index in [0.29, 0.717) is 38.4 Å². The van der Waals surface area contributed by atoms with Gasteiger partial charge in [0, 0.05) is 46.6 Å². The van der Waals surface area contributed by atoms with Crippen molar-refractivity contribution >= 4 is 48.0 Å². The Labute approximate surface area is 196 Å². The fraction of sp³-hybridized carbons (Fsp3) is 0.429. The lowest BCUT2D eigenvalue weighted by Crippen LogP contribution is -2.45. The summed E-state index contributed by atoms with van der Waals surface area (Å²) in [4.78, 5) is 7.56. The molecule has 30 heavy (non-hydrogen) atoms. The van der Waals surface area contributed by atoms with E-state index in [2.05, 4.69) is 4.90 Å². The van der Waals surface area contributed by atoms with Gasteiger partial charge < -0.3 is 14.7 Å². The van der Waals surface area contributed by atoms with Crippen LogP contribution in [0.2, 0.25) is 0 Å². The fourth-order valence-corrected chi connectivity index (χ4v) is 4.75. The molecule has 0 aliphatic carbocycles. The summed E-state index contributed by atoms with van der Waals surface area (Å²) in [6.07, 6.45) is -3.62. The van der Waals surface area contributed by atoms with Gasteiger partial charge in [-0.3, -0.25) is 0 Å². The number of para-hydroxylation sites is 1. The van der Waals surface area contributed by atoms with Crippen molar-refractivity contribution in [3.63, 3.8) is 0 Å². The molecule has 2 aromatic carbocycles. The van der Waals surface area contributed by atoms with Crippen molar-refractivity contribution in [2.45, 2.75) is 22.4 Å². The molecule has 0 saturated carbocycles. The standard InChI is InChI=1S/C21H24F3N3S.2ClH/c1-25-11-13-26(14-12-25)9-4-10-27-17-5-2-3-6-19(17)28-20-8-7-16(15-18(20)27)21(22,23)24;;/h2-3,5-8,15H,4,9-14H2,1H3;2*1H/i1D3;;. The number of nitrogens with zero attached hydrogens (tertiary/aromatic N) is 3. The van der Waals surface area contributed by atoms with Crippen LogP contribution in [0.4, 0.5) is 24.5 Å². The van der Waals surface area contributed by atoms with Crippen molar-refractivity contribution in [3.05, 3.63) is 48.0 Å². The summed E-state index contributed by atoms with van der Waals surface area (Å²) in [7, 11) is 0. The van der Waals surface area contributed by atoms with Crippen LogP contribution in [0, 0.1) is 0 Å². The molecule has 3 nitrogen and oxygen atoms in total. The first-order valence-electron chi connectivity index (χ1n) is 10.9. The summed E-state index contributed by atoms with van der Waals surface area (Å²) in [6, 6.07) is 11.7. The van der Waals surface area contributed by atoms with Crippen molar-refractivity contribution in [1.29, 1.82) is 0 Å². The first-order chi connectivity index (χ1) is 14.6. The van der Waals surface area contributed by atoms with Crippen molar-refractivity contribution < 1.29 is 17.3 Å². The lowest BCUT2D eigenvalue weighted by atomic mass is 10.1. The van der Waals surface area contributed by atoms with Crippen molar-refractivity contribution in [2.75, 3.05) is 51.1 Å². The molecule has 0 aromatic heterocycles. The van der Waals surface area contributed by atoms with Crippen molar-refractivity contribution in [2.24, 2.45) is 0 Å². The molecule has 4 rings (SSSR count). The Bertz CT molecular complexity index is 939. The Balaban J connectivity index is 0.00000193. The van der Waals surface area contributed by atoms with Crippen LogP contribution in [0.25, 0.3) is 0 Å². The topological polar surface area (TPSA) is 9.72 Å². The van der Waals surface area contributed by atoms with E-state index in [9.17, 15) is 13.2 Å². The highest BCUT2D eigenvalue weighted by Gasteiger charge is 2.33. The minimum absolute atomic E-state index is 0. The summed E-state index contributed by atoms with van der Waals surface area (Å²) in [6.45, 7) is 1.66. The third kappa shape index (κ3) is 5.56. The Hall–Kier alpha value is -1.12. The maximum Gasteiger partial charge on any atom is 0.416 e. The van der Waals surface area contributed by atoms with Gasteiger partial charge in [-0.1, -0.05) is 23.9 Å². The number of piperazine rings is 1. The van der Waals surface area contributed by atoms with Crippen LogP contribution in [0.15, 0.2) is 52.3 Å². The molecule has 2 heterocycles. The first kappa shape index (κ1) is 20.8. The third-order valence-corrected chi connectivity index (χ3v) is 6.31. The predicted molar refractivity (Wildman–Crippen MR) is 122 cm³/mol. The van der Waals surface area contributed by atoms with Crippen LogP contribution in [0.5, 0.6) is 0 Å². The van der Waals surface area contributed by atoms with Gasteiger partial charge in [0.25, 0.3) is 0 Å². The lowest BCUT2D eigenvalue weighted by molar-refractivity contribution is -0.137. The van der Waals surface area contributed by atoms with Crippen LogP contribution in [-0.4, -0.2) is 56.0 Å². The van der Waals surface area contributed by atoms with Gasteiger partial charge in [0.05, 0.1) is 16.9 Å². The van der Waals surface area contributed by atoms with E-state index in [-0.39, 0.29) is 24.8 Å². The second-order valence-electron chi connectivity index (χ2n) is 7.08. The minimum atomic E-state index is -4.38. The highest BCUT2D eigenvalue weighted by atomic mass is 35.5. The summed E-state index contributed by atoms with van der Waals surface area (Å²) in [5, 5.41) is 0. The van der Waals surface area contributed by atoms with Gasteiger partial charge in [-0.15, -0.1) is 24.8 Å². The van der Waals surface area contributed by atoms with Gasteiger partial charge >= 0.3 is 6.18 Å². The maximum atomic E-state index is 13.3. The molecule has 0 radical (unpaired) electrons. The molecular weight excluding hydrogens is 454 g/mol. The Morgan fingerprint density at radius 3 is 2.33 bits per heavy atom. The Kier molecular flexibility index (Phi) is 7.24. The van der Waals surface area contributed by atoms with E-state index in [1.807, 2.05) is 29.2 Å². The number of fused-ring (bicyclic) bond motifs is 2. The van der Waals surface area contributed by atoms with Crippen LogP contribution < -0.4 is 4.90 Å². The van der Waals surface area contributed by atoms with Crippen LogP contribution in [-0.2, 0) is 6.18 Å². The fourth-order valence-electron chi connectivity index (χ4n) is 3.67. The molecule has 9 heteroatoms. The molecule has 1 saturated heterocycles. The maximum absolute atomic E-state index is 13.3. The number of hydrogen-bond donors (Lipinski definition) is 0. The number of hydrogen-bond acceptors (Lipinski definition) is 4. The van der Waals surface area contributed by atoms with Crippen LogP contribution in [0.3, 0.4) is 0 Å². The Morgan fingerprint density at radius 2 is 1.63 bits per heavy atom. The van der Waals surface area contributed by atoms with Gasteiger partial charge in [-0.25, -0.2) is 0 Å². The SMILES string of the molecule is Cl.Cl.[2H]C([2H])([2H])N1CCN(CCCN2c3ccccc3Sc3ccc(C(F)(F)F)cc32)CC1. The minimum Gasteiger partial charge on any atom is -0.340 e.